The second-order valence-electron chi connectivity index (χ2n) is 6.27. The van der Waals surface area contributed by atoms with E-state index in [1.165, 1.54) is 12.8 Å². The van der Waals surface area contributed by atoms with Crippen LogP contribution in [0.25, 0.3) is 0 Å². The maximum atomic E-state index is 11.1. The van der Waals surface area contributed by atoms with Gasteiger partial charge in [-0.2, -0.15) is 0 Å². The highest BCUT2D eigenvalue weighted by atomic mass is 16.5. The van der Waals surface area contributed by atoms with Crippen LogP contribution in [0.4, 0.5) is 0 Å². The zero-order valence-corrected chi connectivity index (χ0v) is 14.1. The molecule has 0 aliphatic carbocycles. The molecule has 23 heavy (non-hydrogen) atoms. The van der Waals surface area contributed by atoms with E-state index in [0.29, 0.717) is 12.8 Å². The summed E-state index contributed by atoms with van der Waals surface area (Å²) in [6, 6.07) is 7.84. The van der Waals surface area contributed by atoms with Gasteiger partial charge in [-0.1, -0.05) is 50.1 Å². The molecule has 2 N–H and O–H groups in total. The largest absolute Gasteiger partial charge is 0.483 e. The van der Waals surface area contributed by atoms with Crippen LogP contribution in [0.2, 0.25) is 0 Å². The highest BCUT2D eigenvalue weighted by Crippen LogP contribution is 2.43. The molecule has 1 aromatic carbocycles. The minimum atomic E-state index is -0.694. The molecular weight excluding hydrogens is 286 g/mol. The van der Waals surface area contributed by atoms with Gasteiger partial charge in [0.25, 0.3) is 0 Å². The molecule has 0 amide bonds. The highest BCUT2D eigenvalue weighted by molar-refractivity contribution is 5.40. The smallest absolute Gasteiger partial charge is 0.143 e. The van der Waals surface area contributed by atoms with Crippen molar-refractivity contribution in [2.24, 2.45) is 0 Å². The molecule has 1 aromatic rings. The Balaban J connectivity index is 2.29. The van der Waals surface area contributed by atoms with Gasteiger partial charge < -0.3 is 15.2 Å². The number of hydrogen-bond donors (Lipinski definition) is 2. The molecule has 0 radical (unpaired) electrons. The number of benzene rings is 1. The Labute approximate surface area is 140 Å². The van der Waals surface area contributed by atoms with E-state index in [2.05, 4.69) is 25.4 Å². The van der Waals surface area contributed by atoms with Crippen LogP contribution in [0.15, 0.2) is 49.6 Å². The van der Waals surface area contributed by atoms with Crippen molar-refractivity contribution in [2.75, 3.05) is 6.54 Å². The maximum absolute atomic E-state index is 11.1. The van der Waals surface area contributed by atoms with Crippen molar-refractivity contribution in [2.45, 2.75) is 56.8 Å². The first kappa shape index (κ1) is 17.8. The number of aliphatic hydroxyl groups excluding tert-OH is 1. The minimum absolute atomic E-state index is 0.128. The number of ether oxygens (including phenoxy) is 1. The van der Waals surface area contributed by atoms with Crippen LogP contribution >= 0.6 is 0 Å². The van der Waals surface area contributed by atoms with Gasteiger partial charge in [-0.25, -0.2) is 0 Å². The zero-order valence-electron chi connectivity index (χ0n) is 14.1. The molecule has 0 saturated heterocycles. The van der Waals surface area contributed by atoms with Gasteiger partial charge in [-0.05, 0) is 19.0 Å². The normalized spacial score (nSPS) is 22.0. The Morgan fingerprint density at radius 2 is 1.91 bits per heavy atom. The molecule has 0 saturated carbocycles. The van der Waals surface area contributed by atoms with E-state index in [-0.39, 0.29) is 6.04 Å². The van der Waals surface area contributed by atoms with Crippen molar-refractivity contribution < 1.29 is 9.84 Å². The summed E-state index contributed by atoms with van der Waals surface area (Å²) in [6.07, 6.45) is 7.64. The van der Waals surface area contributed by atoms with E-state index in [0.717, 1.165) is 24.3 Å². The number of hydrogen-bond acceptors (Lipinski definition) is 3. The third-order valence-electron chi connectivity index (χ3n) is 4.55. The molecular formula is C20H29NO2. The van der Waals surface area contributed by atoms with Crippen LogP contribution < -0.4 is 10.1 Å². The van der Waals surface area contributed by atoms with Gasteiger partial charge in [0.05, 0.1) is 6.04 Å². The van der Waals surface area contributed by atoms with Gasteiger partial charge in [-0.15, -0.1) is 13.2 Å². The van der Waals surface area contributed by atoms with Crippen LogP contribution in [0.1, 0.15) is 50.6 Å². The fraction of sp³-hybridized carbons (Fsp3) is 0.500. The van der Waals surface area contributed by atoms with Crippen molar-refractivity contribution in [3.63, 3.8) is 0 Å². The number of aliphatic hydroxyl groups is 1. The Bertz CT molecular complexity index is 516. The summed E-state index contributed by atoms with van der Waals surface area (Å²) in [6.45, 7) is 10.8. The maximum Gasteiger partial charge on any atom is 0.143 e. The second-order valence-corrected chi connectivity index (χ2v) is 6.27. The summed E-state index contributed by atoms with van der Waals surface area (Å²) in [4.78, 5) is 0. The number of rotatable bonds is 9. The lowest BCUT2D eigenvalue weighted by Crippen LogP contribution is -2.56. The fourth-order valence-corrected chi connectivity index (χ4v) is 3.33. The van der Waals surface area contributed by atoms with Gasteiger partial charge in [0.15, 0.2) is 0 Å². The molecule has 0 aromatic heterocycles. The van der Waals surface area contributed by atoms with Gasteiger partial charge in [0.1, 0.15) is 17.5 Å². The van der Waals surface area contributed by atoms with E-state index in [1.54, 1.807) is 0 Å². The zero-order chi connectivity index (χ0) is 16.7. The lowest BCUT2D eigenvalue weighted by Gasteiger charge is -2.46. The van der Waals surface area contributed by atoms with Crippen molar-refractivity contribution in [1.29, 1.82) is 0 Å². The third kappa shape index (κ3) is 3.85. The van der Waals surface area contributed by atoms with Gasteiger partial charge in [-0.3, -0.25) is 0 Å². The predicted octanol–water partition coefficient (Wildman–Crippen LogP) is 4.15. The fourth-order valence-electron chi connectivity index (χ4n) is 3.33. The molecule has 126 valence electrons. The summed E-state index contributed by atoms with van der Waals surface area (Å²) in [5.74, 6) is 0.842. The SMILES string of the molecule is C=CCC1(CC=C)Oc2ccccc2C(NCCCCC)C1O. The molecule has 2 rings (SSSR count). The topological polar surface area (TPSA) is 41.5 Å². The van der Waals surface area contributed by atoms with Gasteiger partial charge >= 0.3 is 0 Å². The molecule has 0 fully saturated rings. The lowest BCUT2D eigenvalue weighted by atomic mass is 9.79. The molecule has 1 aliphatic rings. The molecule has 3 heteroatoms. The van der Waals surface area contributed by atoms with Gasteiger partial charge in [0.2, 0.25) is 0 Å². The first-order valence-corrected chi connectivity index (χ1v) is 8.59. The van der Waals surface area contributed by atoms with Crippen LogP contribution in [0.5, 0.6) is 5.75 Å². The Morgan fingerprint density at radius 3 is 2.57 bits per heavy atom. The van der Waals surface area contributed by atoms with E-state index in [9.17, 15) is 5.11 Å². The van der Waals surface area contributed by atoms with E-state index in [1.807, 2.05) is 36.4 Å². The Morgan fingerprint density at radius 1 is 1.22 bits per heavy atom. The molecule has 3 nitrogen and oxygen atoms in total. The monoisotopic (exact) mass is 315 g/mol. The quantitative estimate of drug-likeness (QED) is 0.531. The molecule has 1 aliphatic heterocycles. The summed E-state index contributed by atoms with van der Waals surface area (Å²) in [7, 11) is 0. The number of nitrogens with one attached hydrogen (secondary N) is 1. The minimum Gasteiger partial charge on any atom is -0.483 e. The predicted molar refractivity (Wildman–Crippen MR) is 95.7 cm³/mol. The van der Waals surface area contributed by atoms with Crippen LogP contribution in [0.3, 0.4) is 0 Å². The van der Waals surface area contributed by atoms with E-state index >= 15 is 0 Å². The second kappa shape index (κ2) is 8.32. The summed E-state index contributed by atoms with van der Waals surface area (Å²) < 4.78 is 6.24. The van der Waals surface area contributed by atoms with Crippen molar-refractivity contribution in [3.8, 4) is 5.75 Å². The Hall–Kier alpha value is -1.58. The van der Waals surface area contributed by atoms with Crippen molar-refractivity contribution >= 4 is 0 Å². The number of unbranched alkanes of at least 4 members (excludes halogenated alkanes) is 2. The summed E-state index contributed by atoms with van der Waals surface area (Å²) in [5.41, 5.74) is 0.334. The molecule has 0 bridgehead atoms. The van der Waals surface area contributed by atoms with Crippen LogP contribution in [-0.4, -0.2) is 23.4 Å². The first-order valence-electron chi connectivity index (χ1n) is 8.59. The van der Waals surface area contributed by atoms with Crippen molar-refractivity contribution in [3.05, 3.63) is 55.1 Å². The van der Waals surface area contributed by atoms with Gasteiger partial charge in [0, 0.05) is 18.4 Å². The standard InChI is InChI=1S/C20H29NO2/c1-4-7-10-15-21-18-16-11-8-9-12-17(16)23-20(13-5-2,14-6-3)19(18)22/h5-6,8-9,11-12,18-19,21-22H,2-4,7,10,13-15H2,1H3. The molecule has 2 unspecified atom stereocenters. The van der Waals surface area contributed by atoms with E-state index in [4.69, 9.17) is 4.74 Å². The highest BCUT2D eigenvalue weighted by Gasteiger charge is 2.47. The number of fused-ring (bicyclic) bond motifs is 1. The van der Waals surface area contributed by atoms with Crippen LogP contribution in [0, 0.1) is 0 Å². The Kier molecular flexibility index (Phi) is 6.43. The molecule has 1 heterocycles. The van der Waals surface area contributed by atoms with Crippen LogP contribution in [-0.2, 0) is 0 Å². The summed E-state index contributed by atoms with van der Waals surface area (Å²) >= 11 is 0. The summed E-state index contributed by atoms with van der Waals surface area (Å²) in [5, 5.41) is 14.6. The molecule has 0 spiro atoms. The molecule has 2 atom stereocenters. The number of para-hydroxylation sites is 1. The average molecular weight is 315 g/mol. The average Bonchev–Trinajstić information content (AvgIpc) is 2.55. The first-order chi connectivity index (χ1) is 11.2. The third-order valence-corrected chi connectivity index (χ3v) is 4.55. The van der Waals surface area contributed by atoms with E-state index < -0.39 is 11.7 Å². The lowest BCUT2D eigenvalue weighted by molar-refractivity contribution is -0.0842. The van der Waals surface area contributed by atoms with Crippen molar-refractivity contribution in [1.82, 2.24) is 5.32 Å².